The smallest absolute Gasteiger partial charge is 0.485 e. The van der Waals surface area contributed by atoms with Crippen LogP contribution in [0, 0.1) is 0 Å². The van der Waals surface area contributed by atoms with Gasteiger partial charge < -0.3 is 9.04 Å². The summed E-state index contributed by atoms with van der Waals surface area (Å²) in [6, 6.07) is 0. The molecule has 0 aliphatic carbocycles. The molecule has 0 aromatic carbocycles. The fraction of sp³-hybridized carbons (Fsp3) is 1.00. The van der Waals surface area contributed by atoms with Gasteiger partial charge >= 0.3 is 16.3 Å². The molecule has 24 heavy (non-hydrogen) atoms. The third kappa shape index (κ3) is 8.30. The number of hydrogen-bond donors (Lipinski definition) is 0. The summed E-state index contributed by atoms with van der Waals surface area (Å²) in [5.41, 5.74) is -5.65. The third-order valence-electron chi connectivity index (χ3n) is 3.61. The van der Waals surface area contributed by atoms with E-state index in [-0.39, 0.29) is 6.54 Å². The molecular formula is C11H19BrF7NO3S. The van der Waals surface area contributed by atoms with Crippen molar-refractivity contribution in [3.8, 4) is 0 Å². The van der Waals surface area contributed by atoms with Crippen molar-refractivity contribution < 1.29 is 48.2 Å². The van der Waals surface area contributed by atoms with Crippen LogP contribution in [-0.2, 0) is 10.1 Å². The maximum Gasteiger partial charge on any atom is 0.485 e. The van der Waals surface area contributed by atoms with E-state index in [4.69, 9.17) is 13.0 Å². The lowest BCUT2D eigenvalue weighted by atomic mass is 10.2. The molecule has 0 spiro atoms. The van der Waals surface area contributed by atoms with Gasteiger partial charge in [-0.25, -0.2) is 8.42 Å². The van der Waals surface area contributed by atoms with E-state index >= 15 is 0 Å². The molecule has 0 fully saturated rings. The second kappa shape index (κ2) is 8.99. The highest BCUT2D eigenvalue weighted by Gasteiger charge is 2.54. The van der Waals surface area contributed by atoms with Crippen molar-refractivity contribution in [2.24, 2.45) is 0 Å². The Morgan fingerprint density at radius 2 is 1.21 bits per heavy atom. The molecule has 0 aliphatic rings. The largest absolute Gasteiger partial charge is 0.741 e. The minimum atomic E-state index is -6.09. The van der Waals surface area contributed by atoms with Crippen molar-refractivity contribution in [1.82, 2.24) is 0 Å². The molecule has 0 aromatic heterocycles. The number of halogens is 8. The summed E-state index contributed by atoms with van der Waals surface area (Å²) in [6.45, 7) is 7.76. The van der Waals surface area contributed by atoms with Gasteiger partial charge in [-0.05, 0) is 36.7 Å². The van der Waals surface area contributed by atoms with E-state index in [0.29, 0.717) is 24.1 Å². The first-order chi connectivity index (χ1) is 10.4. The van der Waals surface area contributed by atoms with Crippen molar-refractivity contribution in [2.75, 3.05) is 26.2 Å². The molecule has 4 nitrogen and oxygen atoms in total. The average molecular weight is 458 g/mol. The molecule has 0 amide bonds. The zero-order valence-electron chi connectivity index (χ0n) is 13.1. The molecule has 0 saturated heterocycles. The Balaban J connectivity index is 0. The summed E-state index contributed by atoms with van der Waals surface area (Å²) < 4.78 is 111. The SMILES string of the molecule is CC[N+](CC)(CC)CCC(F)(F)C(F)(F)Br.O=S(=O)([O-])C(F)(F)F. The lowest BCUT2D eigenvalue weighted by Crippen LogP contribution is -2.51. The number of alkyl halides is 8. The first kappa shape index (κ1) is 26.1. The van der Waals surface area contributed by atoms with Crippen molar-refractivity contribution >= 4 is 26.0 Å². The van der Waals surface area contributed by atoms with Crippen LogP contribution in [0.2, 0.25) is 0 Å². The Bertz CT molecular complexity index is 463. The molecule has 0 aliphatic heterocycles. The molecule has 0 heterocycles. The van der Waals surface area contributed by atoms with Crippen LogP contribution in [0.5, 0.6) is 0 Å². The number of nitrogens with zero attached hydrogens (tertiary/aromatic N) is 1. The molecule has 0 bridgehead atoms. The highest BCUT2D eigenvalue weighted by molar-refractivity contribution is 9.10. The molecule has 0 N–H and O–H groups in total. The molecule has 0 radical (unpaired) electrons. The zero-order valence-corrected chi connectivity index (χ0v) is 15.5. The van der Waals surface area contributed by atoms with E-state index in [1.807, 2.05) is 20.8 Å². The Hall–Kier alpha value is -0.140. The maximum absolute atomic E-state index is 13.1. The highest BCUT2D eigenvalue weighted by atomic mass is 79.9. The second-order valence-corrected chi connectivity index (χ2v) is 7.23. The van der Waals surface area contributed by atoms with Crippen LogP contribution < -0.4 is 0 Å². The van der Waals surface area contributed by atoms with E-state index in [2.05, 4.69) is 0 Å². The van der Waals surface area contributed by atoms with E-state index in [1.165, 1.54) is 0 Å². The van der Waals surface area contributed by atoms with E-state index < -0.39 is 32.8 Å². The second-order valence-electron chi connectivity index (χ2n) is 4.87. The van der Waals surface area contributed by atoms with Crippen molar-refractivity contribution in [1.29, 1.82) is 0 Å². The van der Waals surface area contributed by atoms with Crippen LogP contribution >= 0.6 is 15.9 Å². The fourth-order valence-electron chi connectivity index (χ4n) is 1.66. The van der Waals surface area contributed by atoms with E-state index in [9.17, 15) is 30.7 Å². The normalized spacial score (nSPS) is 14.2. The van der Waals surface area contributed by atoms with Gasteiger partial charge in [-0.1, -0.05) is 0 Å². The molecule has 0 saturated carbocycles. The quantitative estimate of drug-likeness (QED) is 0.191. The van der Waals surface area contributed by atoms with Crippen LogP contribution in [0.4, 0.5) is 30.7 Å². The lowest BCUT2D eigenvalue weighted by Gasteiger charge is -2.37. The van der Waals surface area contributed by atoms with Crippen LogP contribution in [0.1, 0.15) is 27.2 Å². The Kier molecular flexibility index (Phi) is 9.77. The zero-order chi connectivity index (χ0) is 20.0. The summed E-state index contributed by atoms with van der Waals surface area (Å²) >= 11 is 1.74. The summed E-state index contributed by atoms with van der Waals surface area (Å²) in [5, 5.41) is 0. The summed E-state index contributed by atoms with van der Waals surface area (Å²) in [7, 11) is -6.09. The molecule has 148 valence electrons. The summed E-state index contributed by atoms with van der Waals surface area (Å²) in [5.74, 6) is -3.99. The van der Waals surface area contributed by atoms with Crippen LogP contribution in [-0.4, -0.2) is 59.9 Å². The fourth-order valence-corrected chi connectivity index (χ4v) is 1.86. The number of quaternary nitrogens is 1. The molecular weight excluding hydrogens is 439 g/mol. The van der Waals surface area contributed by atoms with Crippen LogP contribution in [0.3, 0.4) is 0 Å². The highest BCUT2D eigenvalue weighted by Crippen LogP contribution is 2.42. The Morgan fingerprint density at radius 1 is 0.917 bits per heavy atom. The van der Waals surface area contributed by atoms with E-state index in [0.717, 1.165) is 0 Å². The Morgan fingerprint density at radius 3 is 1.38 bits per heavy atom. The monoisotopic (exact) mass is 457 g/mol. The van der Waals surface area contributed by atoms with Gasteiger partial charge in [0, 0.05) is 0 Å². The molecule has 0 aromatic rings. The van der Waals surface area contributed by atoms with Crippen molar-refractivity contribution in [3.63, 3.8) is 0 Å². The van der Waals surface area contributed by atoms with Gasteiger partial charge in [0.1, 0.15) is 0 Å². The minimum absolute atomic E-state index is 0.0672. The summed E-state index contributed by atoms with van der Waals surface area (Å²) in [6.07, 6.45) is -0.805. The molecule has 0 atom stereocenters. The first-order valence-electron chi connectivity index (χ1n) is 6.71. The van der Waals surface area contributed by atoms with Gasteiger partial charge in [-0.3, -0.25) is 0 Å². The lowest BCUT2D eigenvalue weighted by molar-refractivity contribution is -0.924. The van der Waals surface area contributed by atoms with Crippen molar-refractivity contribution in [2.45, 2.75) is 43.5 Å². The van der Waals surface area contributed by atoms with Gasteiger partial charge in [-0.15, -0.1) is 0 Å². The number of hydrogen-bond acceptors (Lipinski definition) is 3. The van der Waals surface area contributed by atoms with Crippen LogP contribution in [0.25, 0.3) is 0 Å². The maximum atomic E-state index is 13.1. The van der Waals surface area contributed by atoms with E-state index in [1.54, 1.807) is 15.9 Å². The average Bonchev–Trinajstić information content (AvgIpc) is 2.38. The molecule has 0 rings (SSSR count). The van der Waals surface area contributed by atoms with Crippen molar-refractivity contribution in [3.05, 3.63) is 0 Å². The minimum Gasteiger partial charge on any atom is -0.741 e. The topological polar surface area (TPSA) is 57.2 Å². The Labute approximate surface area is 144 Å². The predicted molar refractivity (Wildman–Crippen MR) is 75.9 cm³/mol. The van der Waals surface area contributed by atoms with Gasteiger partial charge in [0.15, 0.2) is 10.1 Å². The van der Waals surface area contributed by atoms with Crippen LogP contribution in [0.15, 0.2) is 0 Å². The summed E-state index contributed by atoms with van der Waals surface area (Å²) in [4.78, 5) is -4.12. The van der Waals surface area contributed by atoms with Gasteiger partial charge in [-0.2, -0.15) is 30.7 Å². The van der Waals surface area contributed by atoms with Gasteiger partial charge in [0.25, 0.3) is 0 Å². The first-order valence-corrected chi connectivity index (χ1v) is 8.91. The standard InChI is InChI=1S/C10H19BrF4N.CHF3O3S/c1-4-16(5-2,6-3)8-7-9(12,13)10(11,14)15;2-1(3,4)8(5,6)7/h4-8H2,1-3H3;(H,5,6,7)/q+1;/p-1. The third-order valence-corrected chi connectivity index (χ3v) is 4.76. The predicted octanol–water partition coefficient (Wildman–Crippen LogP) is 3.93. The number of rotatable bonds is 7. The molecule has 0 unspecified atom stereocenters. The van der Waals surface area contributed by atoms with Gasteiger partial charge in [0.05, 0.1) is 32.6 Å². The molecule has 13 heteroatoms. The van der Waals surface area contributed by atoms with Gasteiger partial charge in [0.2, 0.25) is 0 Å².